The van der Waals surface area contributed by atoms with Crippen molar-refractivity contribution in [1.82, 2.24) is 5.32 Å². The molecule has 0 fully saturated rings. The number of amides is 2. The molecule has 0 heterocycles. The summed E-state index contributed by atoms with van der Waals surface area (Å²) >= 11 is 0. The number of carbonyl (C=O) groups excluding carboxylic acids is 2. The van der Waals surface area contributed by atoms with Gasteiger partial charge in [0.15, 0.2) is 0 Å². The normalized spacial score (nSPS) is 10.0. The molecule has 0 radical (unpaired) electrons. The number of carbonyl (C=O) groups is 2. The minimum Gasteiger partial charge on any atom is -0.350 e. The lowest BCUT2D eigenvalue weighted by molar-refractivity contribution is -0.111. The van der Waals surface area contributed by atoms with E-state index in [4.69, 9.17) is 0 Å². The highest BCUT2D eigenvalue weighted by atomic mass is 16.2. The van der Waals surface area contributed by atoms with Crippen LogP contribution < -0.4 is 10.6 Å². The Bertz CT molecular complexity index is 593. The standard InChI is InChI=1S/C17H22N2O2/c1-6-7-16(20)19-15-10-13(11(2)3)8-9-14(15)17(21)18-12(4)5/h8-12H,1-5H3,(H,18,21)(H,19,20). The molecule has 4 nitrogen and oxygen atoms in total. The molecule has 2 amide bonds. The molecule has 0 saturated heterocycles. The fourth-order valence-corrected chi connectivity index (χ4v) is 1.83. The van der Waals surface area contributed by atoms with Crippen LogP contribution in [0.1, 0.15) is 56.5 Å². The fourth-order valence-electron chi connectivity index (χ4n) is 1.83. The maximum absolute atomic E-state index is 12.2. The molecule has 112 valence electrons. The van der Waals surface area contributed by atoms with Crippen LogP contribution in [-0.2, 0) is 4.79 Å². The van der Waals surface area contributed by atoms with Crippen molar-refractivity contribution >= 4 is 17.5 Å². The van der Waals surface area contributed by atoms with E-state index < -0.39 is 5.91 Å². The van der Waals surface area contributed by atoms with Crippen molar-refractivity contribution in [3.63, 3.8) is 0 Å². The third kappa shape index (κ3) is 4.96. The zero-order valence-electron chi connectivity index (χ0n) is 13.2. The third-order valence-electron chi connectivity index (χ3n) is 2.86. The minimum absolute atomic E-state index is 0.0289. The molecule has 0 aliphatic heterocycles. The van der Waals surface area contributed by atoms with Gasteiger partial charge in [0.05, 0.1) is 11.3 Å². The summed E-state index contributed by atoms with van der Waals surface area (Å²) in [4.78, 5) is 23.9. The first-order chi connectivity index (χ1) is 9.85. The molecule has 0 aliphatic carbocycles. The van der Waals surface area contributed by atoms with E-state index in [9.17, 15) is 9.59 Å². The van der Waals surface area contributed by atoms with Crippen LogP contribution in [0.2, 0.25) is 0 Å². The summed E-state index contributed by atoms with van der Waals surface area (Å²) in [6, 6.07) is 5.50. The summed E-state index contributed by atoms with van der Waals surface area (Å²) in [5.74, 6) is 4.64. The van der Waals surface area contributed by atoms with Gasteiger partial charge in [0.2, 0.25) is 0 Å². The van der Waals surface area contributed by atoms with Crippen LogP contribution in [0.5, 0.6) is 0 Å². The summed E-state index contributed by atoms with van der Waals surface area (Å²) in [6.07, 6.45) is 0. The summed E-state index contributed by atoms with van der Waals surface area (Å²) in [5, 5.41) is 5.51. The Balaban J connectivity index is 3.18. The topological polar surface area (TPSA) is 58.2 Å². The van der Waals surface area contributed by atoms with Gasteiger partial charge < -0.3 is 10.6 Å². The van der Waals surface area contributed by atoms with E-state index in [0.29, 0.717) is 17.2 Å². The van der Waals surface area contributed by atoms with Gasteiger partial charge in [-0.15, -0.1) is 0 Å². The van der Waals surface area contributed by atoms with Gasteiger partial charge in [0.25, 0.3) is 11.8 Å². The first-order valence-corrected chi connectivity index (χ1v) is 7.03. The van der Waals surface area contributed by atoms with Crippen molar-refractivity contribution in [3.05, 3.63) is 29.3 Å². The van der Waals surface area contributed by atoms with Crippen molar-refractivity contribution < 1.29 is 9.59 Å². The van der Waals surface area contributed by atoms with Gasteiger partial charge in [0.1, 0.15) is 0 Å². The molecular formula is C17H22N2O2. The molecule has 0 saturated carbocycles. The fraction of sp³-hybridized carbons (Fsp3) is 0.412. The maximum atomic E-state index is 12.2. The molecule has 0 aliphatic rings. The van der Waals surface area contributed by atoms with E-state index in [1.165, 1.54) is 0 Å². The largest absolute Gasteiger partial charge is 0.350 e. The van der Waals surface area contributed by atoms with E-state index in [-0.39, 0.29) is 11.9 Å². The number of benzene rings is 1. The van der Waals surface area contributed by atoms with Crippen molar-refractivity contribution in [3.8, 4) is 11.8 Å². The second kappa shape index (κ2) is 7.49. The van der Waals surface area contributed by atoms with Gasteiger partial charge in [-0.2, -0.15) is 0 Å². The summed E-state index contributed by atoms with van der Waals surface area (Å²) in [7, 11) is 0. The van der Waals surface area contributed by atoms with Crippen LogP contribution in [0, 0.1) is 11.8 Å². The predicted octanol–water partition coefficient (Wildman–Crippen LogP) is 2.91. The first-order valence-electron chi connectivity index (χ1n) is 7.03. The molecule has 0 aromatic heterocycles. The van der Waals surface area contributed by atoms with E-state index in [1.807, 2.05) is 26.0 Å². The van der Waals surface area contributed by atoms with E-state index in [2.05, 4.69) is 36.3 Å². The van der Waals surface area contributed by atoms with Gasteiger partial charge in [0, 0.05) is 6.04 Å². The summed E-state index contributed by atoms with van der Waals surface area (Å²) in [5.41, 5.74) is 1.99. The van der Waals surface area contributed by atoms with E-state index in [1.54, 1.807) is 13.0 Å². The van der Waals surface area contributed by atoms with Crippen LogP contribution in [-0.4, -0.2) is 17.9 Å². The van der Waals surface area contributed by atoms with E-state index >= 15 is 0 Å². The molecule has 0 atom stereocenters. The second-order valence-corrected chi connectivity index (χ2v) is 5.42. The molecule has 0 spiro atoms. The molecule has 0 unspecified atom stereocenters. The molecule has 4 heteroatoms. The summed E-state index contributed by atoms with van der Waals surface area (Å²) in [6.45, 7) is 9.49. The summed E-state index contributed by atoms with van der Waals surface area (Å²) < 4.78 is 0. The Morgan fingerprint density at radius 3 is 2.33 bits per heavy atom. The average molecular weight is 286 g/mol. The molecular weight excluding hydrogens is 264 g/mol. The average Bonchev–Trinajstić information content (AvgIpc) is 2.37. The smallest absolute Gasteiger partial charge is 0.300 e. The quantitative estimate of drug-likeness (QED) is 0.836. The number of anilines is 1. The Morgan fingerprint density at radius 2 is 1.81 bits per heavy atom. The SMILES string of the molecule is CC#CC(=O)Nc1cc(C(C)C)ccc1C(=O)NC(C)C. The van der Waals surface area contributed by atoms with Gasteiger partial charge >= 0.3 is 0 Å². The maximum Gasteiger partial charge on any atom is 0.300 e. The van der Waals surface area contributed by atoms with E-state index in [0.717, 1.165) is 5.56 Å². The molecule has 1 rings (SSSR count). The highest BCUT2D eigenvalue weighted by Crippen LogP contribution is 2.23. The van der Waals surface area contributed by atoms with Crippen LogP contribution in [0.25, 0.3) is 0 Å². The van der Waals surface area contributed by atoms with Gasteiger partial charge in [-0.05, 0) is 50.3 Å². The molecule has 2 N–H and O–H groups in total. The molecule has 21 heavy (non-hydrogen) atoms. The van der Waals surface area contributed by atoms with Crippen molar-refractivity contribution in [1.29, 1.82) is 0 Å². The van der Waals surface area contributed by atoms with Crippen molar-refractivity contribution in [2.24, 2.45) is 0 Å². The Kier molecular flexibility index (Phi) is 5.98. The Labute approximate surface area is 126 Å². The number of hydrogen-bond donors (Lipinski definition) is 2. The number of nitrogens with one attached hydrogen (secondary N) is 2. The third-order valence-corrected chi connectivity index (χ3v) is 2.86. The molecule has 0 bridgehead atoms. The lowest BCUT2D eigenvalue weighted by Gasteiger charge is -2.15. The van der Waals surface area contributed by atoms with Gasteiger partial charge in [-0.1, -0.05) is 25.8 Å². The predicted molar refractivity (Wildman–Crippen MR) is 85.2 cm³/mol. The van der Waals surface area contributed by atoms with Crippen molar-refractivity contribution in [2.45, 2.75) is 46.6 Å². The lowest BCUT2D eigenvalue weighted by Crippen LogP contribution is -2.31. The van der Waals surface area contributed by atoms with Crippen LogP contribution >= 0.6 is 0 Å². The lowest BCUT2D eigenvalue weighted by atomic mass is 9.99. The Hall–Kier alpha value is -2.28. The highest BCUT2D eigenvalue weighted by molar-refractivity contribution is 6.09. The molecule has 1 aromatic carbocycles. The van der Waals surface area contributed by atoms with Crippen LogP contribution in [0.15, 0.2) is 18.2 Å². The van der Waals surface area contributed by atoms with Gasteiger partial charge in [-0.3, -0.25) is 9.59 Å². The molecule has 1 aromatic rings. The second-order valence-electron chi connectivity index (χ2n) is 5.42. The highest BCUT2D eigenvalue weighted by Gasteiger charge is 2.15. The number of hydrogen-bond acceptors (Lipinski definition) is 2. The monoisotopic (exact) mass is 286 g/mol. The van der Waals surface area contributed by atoms with Crippen LogP contribution in [0.4, 0.5) is 5.69 Å². The minimum atomic E-state index is -0.419. The zero-order chi connectivity index (χ0) is 16.0. The number of rotatable bonds is 4. The van der Waals surface area contributed by atoms with Gasteiger partial charge in [-0.25, -0.2) is 0 Å². The van der Waals surface area contributed by atoms with Crippen LogP contribution in [0.3, 0.4) is 0 Å². The zero-order valence-corrected chi connectivity index (χ0v) is 13.2. The van der Waals surface area contributed by atoms with Crippen molar-refractivity contribution in [2.75, 3.05) is 5.32 Å². The Morgan fingerprint density at radius 1 is 1.14 bits per heavy atom. The first kappa shape index (κ1) is 16.8.